The molecule has 0 aliphatic carbocycles. The highest BCUT2D eigenvalue weighted by Gasteiger charge is 2.25. The van der Waals surface area contributed by atoms with E-state index in [1.165, 1.54) is 12.8 Å². The van der Waals surface area contributed by atoms with Crippen LogP contribution in [0.25, 0.3) is 11.0 Å². The van der Waals surface area contributed by atoms with Gasteiger partial charge in [0, 0.05) is 43.3 Å². The van der Waals surface area contributed by atoms with E-state index in [0.717, 1.165) is 85.7 Å². The van der Waals surface area contributed by atoms with Crippen molar-refractivity contribution in [1.82, 2.24) is 15.4 Å². The van der Waals surface area contributed by atoms with Crippen LogP contribution in [0, 0.1) is 17.2 Å². The smallest absolute Gasteiger partial charge is 0.173 e. The van der Waals surface area contributed by atoms with Gasteiger partial charge in [0.25, 0.3) is 0 Å². The van der Waals surface area contributed by atoms with Crippen molar-refractivity contribution in [1.29, 1.82) is 5.26 Å². The average Bonchev–Trinajstić information content (AvgIpc) is 3.59. The zero-order chi connectivity index (χ0) is 25.6. The van der Waals surface area contributed by atoms with E-state index in [1.54, 1.807) is 0 Å². The summed E-state index contributed by atoms with van der Waals surface area (Å²) in [4.78, 5) is 4.70. The first-order chi connectivity index (χ1) is 18.1. The van der Waals surface area contributed by atoms with Crippen molar-refractivity contribution in [2.75, 3.05) is 51.8 Å². The van der Waals surface area contributed by atoms with Crippen molar-refractivity contribution in [3.05, 3.63) is 58.8 Å². The summed E-state index contributed by atoms with van der Waals surface area (Å²) in [6.07, 6.45) is 4.44. The highest BCUT2D eigenvalue weighted by molar-refractivity contribution is 5.87. The fourth-order valence-electron chi connectivity index (χ4n) is 5.55. The monoisotopic (exact) mass is 503 g/mol. The van der Waals surface area contributed by atoms with Gasteiger partial charge in [-0.05, 0) is 81.6 Å². The van der Waals surface area contributed by atoms with E-state index >= 15 is 0 Å². The van der Waals surface area contributed by atoms with E-state index < -0.39 is 0 Å². The minimum Gasteiger partial charge on any atom is -0.370 e. The zero-order valence-electron chi connectivity index (χ0n) is 21.9. The van der Waals surface area contributed by atoms with E-state index in [-0.39, 0.29) is 6.29 Å². The molecule has 0 atom stereocenters. The summed E-state index contributed by atoms with van der Waals surface area (Å²) in [7, 11) is 4.05. The Kier molecular flexibility index (Phi) is 8.37. The lowest BCUT2D eigenvalue weighted by Crippen LogP contribution is -2.39. The molecule has 0 saturated carbocycles. The standard InChI is InChI=1S/C29H37N5O3/c1-31-18-25-27(33(2)19-23-5-3-22(17-30)4-6-23)10-8-24-26(32-37-29(24)25)9-7-21-11-13-34(14-12-21)20-28-35-15-16-36-28/h3-6,8,10,21,28,31H,7,9,11-16,18-20H2,1-2H3. The van der Waals surface area contributed by atoms with Gasteiger partial charge in [0.05, 0.1) is 30.5 Å². The Bertz CT molecular complexity index is 1200. The summed E-state index contributed by atoms with van der Waals surface area (Å²) < 4.78 is 17.2. The van der Waals surface area contributed by atoms with E-state index in [4.69, 9.17) is 19.3 Å². The molecular formula is C29H37N5O3. The molecule has 3 heterocycles. The van der Waals surface area contributed by atoms with E-state index in [0.29, 0.717) is 18.0 Å². The number of piperidine rings is 1. The number of likely N-dealkylation sites (tertiary alicyclic amines) is 1. The average molecular weight is 504 g/mol. The Morgan fingerprint density at radius 2 is 1.86 bits per heavy atom. The van der Waals surface area contributed by atoms with Crippen LogP contribution in [-0.4, -0.2) is 63.3 Å². The molecule has 0 spiro atoms. The van der Waals surface area contributed by atoms with Crippen molar-refractivity contribution >= 4 is 16.7 Å². The van der Waals surface area contributed by atoms with Crippen molar-refractivity contribution < 1.29 is 14.0 Å². The molecule has 0 radical (unpaired) electrons. The number of nitrogens with one attached hydrogen (secondary N) is 1. The van der Waals surface area contributed by atoms with Crippen LogP contribution in [-0.2, 0) is 29.0 Å². The molecule has 2 aliphatic rings. The molecule has 2 aromatic carbocycles. The molecule has 3 aromatic rings. The van der Waals surface area contributed by atoms with Gasteiger partial charge in [-0.1, -0.05) is 17.3 Å². The highest BCUT2D eigenvalue weighted by Crippen LogP contribution is 2.33. The molecule has 1 N–H and O–H groups in total. The molecule has 0 unspecified atom stereocenters. The second-order valence-electron chi connectivity index (χ2n) is 10.2. The minimum absolute atomic E-state index is 0.0436. The number of ether oxygens (including phenoxy) is 2. The number of rotatable bonds is 10. The molecule has 2 fully saturated rings. The Morgan fingerprint density at radius 3 is 2.57 bits per heavy atom. The van der Waals surface area contributed by atoms with Crippen molar-refractivity contribution in [3.8, 4) is 6.07 Å². The third-order valence-electron chi connectivity index (χ3n) is 7.66. The van der Waals surface area contributed by atoms with Gasteiger partial charge in [-0.3, -0.25) is 4.90 Å². The van der Waals surface area contributed by atoms with Crippen LogP contribution in [0.3, 0.4) is 0 Å². The summed E-state index contributed by atoms with van der Waals surface area (Å²) in [6, 6.07) is 14.3. The molecule has 196 valence electrons. The molecule has 8 heteroatoms. The predicted octanol–water partition coefficient (Wildman–Crippen LogP) is 4.07. The fourth-order valence-corrected chi connectivity index (χ4v) is 5.55. The first kappa shape index (κ1) is 25.7. The summed E-state index contributed by atoms with van der Waals surface area (Å²) in [6.45, 7) is 5.98. The Labute approximate surface area is 219 Å². The summed E-state index contributed by atoms with van der Waals surface area (Å²) >= 11 is 0. The van der Waals surface area contributed by atoms with Crippen LogP contribution >= 0.6 is 0 Å². The molecule has 37 heavy (non-hydrogen) atoms. The Hall–Kier alpha value is -2.96. The van der Waals surface area contributed by atoms with Crippen LogP contribution in [0.5, 0.6) is 0 Å². The molecule has 8 nitrogen and oxygen atoms in total. The number of hydrogen-bond acceptors (Lipinski definition) is 8. The van der Waals surface area contributed by atoms with Crippen molar-refractivity contribution in [3.63, 3.8) is 0 Å². The van der Waals surface area contributed by atoms with Crippen LogP contribution in [0.15, 0.2) is 40.9 Å². The second kappa shape index (κ2) is 12.1. The van der Waals surface area contributed by atoms with E-state index in [2.05, 4.69) is 45.5 Å². The normalized spacial score (nSPS) is 17.4. The number of hydrogen-bond donors (Lipinski definition) is 1. The molecule has 0 bridgehead atoms. The van der Waals surface area contributed by atoms with Gasteiger partial charge in [-0.2, -0.15) is 5.26 Å². The van der Waals surface area contributed by atoms with Gasteiger partial charge in [0.15, 0.2) is 11.9 Å². The molecule has 0 amide bonds. The molecule has 1 aromatic heterocycles. The number of nitriles is 1. The Balaban J connectivity index is 1.22. The molecular weight excluding hydrogens is 466 g/mol. The zero-order valence-corrected chi connectivity index (χ0v) is 21.9. The number of aromatic nitrogens is 1. The Morgan fingerprint density at radius 1 is 1.11 bits per heavy atom. The second-order valence-corrected chi connectivity index (χ2v) is 10.2. The minimum atomic E-state index is -0.0436. The molecule has 2 aliphatic heterocycles. The van der Waals surface area contributed by atoms with Crippen LogP contribution in [0.4, 0.5) is 5.69 Å². The van der Waals surface area contributed by atoms with Gasteiger partial charge < -0.3 is 24.2 Å². The number of aryl methyl sites for hydroxylation is 1. The van der Waals surface area contributed by atoms with Crippen molar-refractivity contribution in [2.45, 2.75) is 45.1 Å². The van der Waals surface area contributed by atoms with Gasteiger partial charge >= 0.3 is 0 Å². The van der Waals surface area contributed by atoms with Crippen LogP contribution in [0.1, 0.15) is 41.6 Å². The van der Waals surface area contributed by atoms with Crippen LogP contribution < -0.4 is 10.2 Å². The summed E-state index contributed by atoms with van der Waals surface area (Å²) in [5.41, 5.74) is 6.01. The van der Waals surface area contributed by atoms with Crippen molar-refractivity contribution in [2.24, 2.45) is 5.92 Å². The van der Waals surface area contributed by atoms with E-state index in [9.17, 15) is 0 Å². The summed E-state index contributed by atoms with van der Waals surface area (Å²) in [5.74, 6) is 0.711. The lowest BCUT2D eigenvalue weighted by molar-refractivity contribution is -0.0661. The maximum atomic E-state index is 9.06. The fraction of sp³-hybridized carbons (Fsp3) is 0.517. The number of anilines is 1. The van der Waals surface area contributed by atoms with E-state index in [1.807, 2.05) is 31.3 Å². The van der Waals surface area contributed by atoms with Gasteiger partial charge in [-0.25, -0.2) is 0 Å². The first-order valence-electron chi connectivity index (χ1n) is 13.3. The van der Waals surface area contributed by atoms with Crippen LogP contribution in [0.2, 0.25) is 0 Å². The lowest BCUT2D eigenvalue weighted by Gasteiger charge is -2.32. The SMILES string of the molecule is CNCc1c(N(C)Cc2ccc(C#N)cc2)ccc2c(CCC3CCN(CC4OCCO4)CC3)noc12. The largest absolute Gasteiger partial charge is 0.370 e. The number of benzene rings is 2. The van der Waals surface area contributed by atoms with Gasteiger partial charge in [0.1, 0.15) is 0 Å². The predicted molar refractivity (Wildman–Crippen MR) is 143 cm³/mol. The lowest BCUT2D eigenvalue weighted by atomic mass is 9.91. The topological polar surface area (TPSA) is 86.8 Å². The number of nitrogens with zero attached hydrogens (tertiary/aromatic N) is 4. The maximum absolute atomic E-state index is 9.06. The molecule has 2 saturated heterocycles. The van der Waals surface area contributed by atoms with Gasteiger partial charge in [-0.15, -0.1) is 0 Å². The highest BCUT2D eigenvalue weighted by atomic mass is 16.7. The third-order valence-corrected chi connectivity index (χ3v) is 7.66. The third kappa shape index (κ3) is 6.13. The molecule has 5 rings (SSSR count). The quantitative estimate of drug-likeness (QED) is 0.443. The number of fused-ring (bicyclic) bond motifs is 1. The van der Waals surface area contributed by atoms with Gasteiger partial charge in [0.2, 0.25) is 0 Å². The first-order valence-corrected chi connectivity index (χ1v) is 13.3. The summed E-state index contributed by atoms with van der Waals surface area (Å²) in [5, 5.41) is 18.0. The maximum Gasteiger partial charge on any atom is 0.173 e.